The van der Waals surface area contributed by atoms with Crippen molar-refractivity contribution in [2.24, 2.45) is 11.8 Å². The number of carbonyl (C=O) groups is 4. The highest BCUT2D eigenvalue weighted by Gasteiger charge is 2.29. The van der Waals surface area contributed by atoms with Crippen molar-refractivity contribution in [1.29, 1.82) is 0 Å². The molecule has 2 aliphatic carbocycles. The molecular formula is C25H30O9. The van der Waals surface area contributed by atoms with Gasteiger partial charge in [-0.05, 0) is 75.6 Å². The lowest BCUT2D eigenvalue weighted by Gasteiger charge is -2.27. The number of benzene rings is 1. The van der Waals surface area contributed by atoms with Crippen LogP contribution < -0.4 is 4.74 Å². The molecule has 0 saturated heterocycles. The molecule has 2 aliphatic rings. The third-order valence-electron chi connectivity index (χ3n) is 6.28. The summed E-state index contributed by atoms with van der Waals surface area (Å²) in [4.78, 5) is 46.9. The van der Waals surface area contributed by atoms with Crippen LogP contribution in [0.15, 0.2) is 36.9 Å². The highest BCUT2D eigenvalue weighted by atomic mass is 16.7. The Bertz CT molecular complexity index is 876. The summed E-state index contributed by atoms with van der Waals surface area (Å²) in [7, 11) is 0. The minimum absolute atomic E-state index is 0.0776. The fourth-order valence-corrected chi connectivity index (χ4v) is 4.22. The van der Waals surface area contributed by atoms with Crippen LogP contribution in [0.5, 0.6) is 5.75 Å². The van der Waals surface area contributed by atoms with Crippen molar-refractivity contribution in [1.82, 2.24) is 0 Å². The molecule has 0 bridgehead atoms. The lowest BCUT2D eigenvalue weighted by atomic mass is 9.87. The summed E-state index contributed by atoms with van der Waals surface area (Å²) in [6.07, 6.45) is 5.30. The van der Waals surface area contributed by atoms with Gasteiger partial charge in [-0.2, -0.15) is 0 Å². The van der Waals surface area contributed by atoms with Crippen LogP contribution in [-0.4, -0.2) is 48.0 Å². The number of ether oxygens (including phenoxy) is 4. The Morgan fingerprint density at radius 2 is 1.47 bits per heavy atom. The van der Waals surface area contributed by atoms with Crippen LogP contribution in [-0.2, 0) is 28.6 Å². The molecule has 1 aromatic rings. The SMILES string of the molecule is C=CC(=O)OCOC1CCC(C(=O)Oc2ccc(C(=O)OC3CCC(C(=O)O)CC3)cc2)CC1. The summed E-state index contributed by atoms with van der Waals surface area (Å²) in [6.45, 7) is 3.18. The maximum Gasteiger partial charge on any atom is 0.338 e. The van der Waals surface area contributed by atoms with Gasteiger partial charge in [-0.3, -0.25) is 9.59 Å². The van der Waals surface area contributed by atoms with E-state index in [1.54, 1.807) is 24.3 Å². The molecule has 184 valence electrons. The standard InChI is InChI=1S/C25H30O9/c1-2-22(26)32-15-31-19-9-5-17(6-10-19)24(29)34-21-13-7-18(8-14-21)25(30)33-20-11-3-16(4-12-20)23(27)28/h2,7-8,13-14,16-17,19-20H,1,3-6,9-12,15H2,(H,27,28). The quantitative estimate of drug-likeness (QED) is 0.247. The normalized spacial score (nSPS) is 24.5. The molecule has 34 heavy (non-hydrogen) atoms. The molecule has 0 amide bonds. The molecule has 0 heterocycles. The van der Waals surface area contributed by atoms with Crippen LogP contribution in [0.4, 0.5) is 0 Å². The van der Waals surface area contributed by atoms with Gasteiger partial charge in [-0.25, -0.2) is 9.59 Å². The summed E-state index contributed by atoms with van der Waals surface area (Å²) in [5.74, 6) is -2.43. The van der Waals surface area contributed by atoms with Crippen LogP contribution in [0.1, 0.15) is 61.7 Å². The number of aliphatic carboxylic acids is 1. The molecule has 3 rings (SSSR count). The van der Waals surface area contributed by atoms with Gasteiger partial charge in [0.25, 0.3) is 0 Å². The van der Waals surface area contributed by atoms with Crippen molar-refractivity contribution in [3.63, 3.8) is 0 Å². The van der Waals surface area contributed by atoms with Crippen molar-refractivity contribution >= 4 is 23.9 Å². The molecule has 1 aromatic carbocycles. The van der Waals surface area contributed by atoms with E-state index < -0.39 is 17.9 Å². The van der Waals surface area contributed by atoms with E-state index in [0.717, 1.165) is 6.08 Å². The lowest BCUT2D eigenvalue weighted by Crippen LogP contribution is -2.29. The molecule has 9 heteroatoms. The van der Waals surface area contributed by atoms with Crippen LogP contribution in [0.2, 0.25) is 0 Å². The average Bonchev–Trinajstić information content (AvgIpc) is 2.85. The first kappa shape index (κ1) is 25.4. The Labute approximate surface area is 198 Å². The van der Waals surface area contributed by atoms with Gasteiger partial charge >= 0.3 is 23.9 Å². The predicted molar refractivity (Wildman–Crippen MR) is 119 cm³/mol. The largest absolute Gasteiger partial charge is 0.481 e. The number of hydrogen-bond acceptors (Lipinski definition) is 8. The molecule has 0 radical (unpaired) electrons. The predicted octanol–water partition coefficient (Wildman–Crippen LogP) is 3.65. The van der Waals surface area contributed by atoms with Gasteiger partial charge < -0.3 is 24.1 Å². The van der Waals surface area contributed by atoms with E-state index in [2.05, 4.69) is 6.58 Å². The molecular weight excluding hydrogens is 444 g/mol. The fourth-order valence-electron chi connectivity index (χ4n) is 4.22. The van der Waals surface area contributed by atoms with E-state index >= 15 is 0 Å². The Morgan fingerprint density at radius 1 is 0.882 bits per heavy atom. The smallest absolute Gasteiger partial charge is 0.338 e. The second-order valence-electron chi connectivity index (χ2n) is 8.59. The average molecular weight is 475 g/mol. The number of carboxylic acids is 1. The van der Waals surface area contributed by atoms with E-state index in [1.165, 1.54) is 0 Å². The minimum atomic E-state index is -0.803. The Hall–Kier alpha value is -3.20. The summed E-state index contributed by atoms with van der Waals surface area (Å²) < 4.78 is 21.3. The van der Waals surface area contributed by atoms with E-state index in [0.29, 0.717) is 62.7 Å². The van der Waals surface area contributed by atoms with Gasteiger partial charge in [-0.1, -0.05) is 6.58 Å². The molecule has 0 aromatic heterocycles. The summed E-state index contributed by atoms with van der Waals surface area (Å²) in [5, 5.41) is 9.06. The second kappa shape index (κ2) is 12.3. The van der Waals surface area contributed by atoms with Crippen molar-refractivity contribution < 1.29 is 43.2 Å². The number of rotatable bonds is 9. The monoisotopic (exact) mass is 474 g/mol. The Morgan fingerprint density at radius 3 is 2.06 bits per heavy atom. The molecule has 2 saturated carbocycles. The van der Waals surface area contributed by atoms with Gasteiger partial charge in [0.2, 0.25) is 0 Å². The first-order valence-corrected chi connectivity index (χ1v) is 11.5. The first-order chi connectivity index (χ1) is 16.4. The number of hydrogen-bond donors (Lipinski definition) is 1. The van der Waals surface area contributed by atoms with Crippen molar-refractivity contribution in [2.45, 2.75) is 63.6 Å². The molecule has 0 unspecified atom stereocenters. The highest BCUT2D eigenvalue weighted by molar-refractivity contribution is 5.89. The molecule has 2 fully saturated rings. The zero-order valence-electron chi connectivity index (χ0n) is 19.0. The van der Waals surface area contributed by atoms with E-state index in [1.807, 2.05) is 0 Å². The number of esters is 3. The number of carbonyl (C=O) groups excluding carboxylic acids is 3. The van der Waals surface area contributed by atoms with Gasteiger partial charge in [0.1, 0.15) is 11.9 Å². The molecule has 0 aliphatic heterocycles. The molecule has 1 N–H and O–H groups in total. The van der Waals surface area contributed by atoms with Crippen LogP contribution in [0.3, 0.4) is 0 Å². The molecule has 0 atom stereocenters. The first-order valence-electron chi connectivity index (χ1n) is 11.5. The van der Waals surface area contributed by atoms with Gasteiger partial charge in [-0.15, -0.1) is 0 Å². The van der Waals surface area contributed by atoms with Crippen molar-refractivity contribution in [3.05, 3.63) is 42.5 Å². The summed E-state index contributed by atoms with van der Waals surface area (Å²) in [6, 6.07) is 6.20. The second-order valence-corrected chi connectivity index (χ2v) is 8.59. The zero-order chi connectivity index (χ0) is 24.5. The van der Waals surface area contributed by atoms with Crippen LogP contribution >= 0.6 is 0 Å². The summed E-state index contributed by atoms with van der Waals surface area (Å²) >= 11 is 0. The maximum absolute atomic E-state index is 12.5. The Balaban J connectivity index is 1.39. The highest BCUT2D eigenvalue weighted by Crippen LogP contribution is 2.29. The third kappa shape index (κ3) is 7.41. The lowest BCUT2D eigenvalue weighted by molar-refractivity contribution is -0.157. The van der Waals surface area contributed by atoms with Crippen LogP contribution in [0.25, 0.3) is 0 Å². The van der Waals surface area contributed by atoms with Crippen molar-refractivity contribution in [2.75, 3.05) is 6.79 Å². The molecule has 0 spiro atoms. The third-order valence-corrected chi connectivity index (χ3v) is 6.28. The van der Waals surface area contributed by atoms with E-state index in [-0.39, 0.29) is 36.8 Å². The summed E-state index contributed by atoms with van der Waals surface area (Å²) in [5.41, 5.74) is 0.343. The minimum Gasteiger partial charge on any atom is -0.481 e. The van der Waals surface area contributed by atoms with Crippen molar-refractivity contribution in [3.8, 4) is 5.75 Å². The Kier molecular flexibility index (Phi) is 9.21. The molecule has 9 nitrogen and oxygen atoms in total. The van der Waals surface area contributed by atoms with Gasteiger partial charge in [0, 0.05) is 6.08 Å². The van der Waals surface area contributed by atoms with Gasteiger partial charge in [0.05, 0.1) is 23.5 Å². The maximum atomic E-state index is 12.5. The fraction of sp³-hybridized carbons (Fsp3) is 0.520. The topological polar surface area (TPSA) is 125 Å². The van der Waals surface area contributed by atoms with Gasteiger partial charge in [0.15, 0.2) is 6.79 Å². The van der Waals surface area contributed by atoms with Crippen LogP contribution in [0, 0.1) is 11.8 Å². The van der Waals surface area contributed by atoms with E-state index in [9.17, 15) is 19.2 Å². The zero-order valence-corrected chi connectivity index (χ0v) is 19.0. The number of carboxylic acid groups (broad SMARTS) is 1. The van der Waals surface area contributed by atoms with E-state index in [4.69, 9.17) is 24.1 Å².